The van der Waals surface area contributed by atoms with Gasteiger partial charge >= 0.3 is 0 Å². The van der Waals surface area contributed by atoms with Crippen LogP contribution in [0.5, 0.6) is 0 Å². The van der Waals surface area contributed by atoms with Crippen molar-refractivity contribution in [3.05, 3.63) is 45.4 Å². The molecule has 3 aromatic heterocycles. The van der Waals surface area contributed by atoms with E-state index in [4.69, 9.17) is 12.2 Å². The van der Waals surface area contributed by atoms with Crippen molar-refractivity contribution in [2.45, 2.75) is 19.9 Å². The number of aryl methyl sites for hydroxylation is 2. The van der Waals surface area contributed by atoms with Gasteiger partial charge in [0.25, 0.3) is 0 Å². The van der Waals surface area contributed by atoms with Crippen molar-refractivity contribution in [2.24, 2.45) is 0 Å². The second-order valence-electron chi connectivity index (χ2n) is 4.35. The highest BCUT2D eigenvalue weighted by molar-refractivity contribution is 7.71. The first-order valence-electron chi connectivity index (χ1n) is 6.20. The topological polar surface area (TPSA) is 59.4 Å². The molecule has 0 aliphatic rings. The van der Waals surface area contributed by atoms with Crippen molar-refractivity contribution in [3.8, 4) is 11.4 Å². The Morgan fingerprint density at radius 1 is 1.45 bits per heavy atom. The Labute approximate surface area is 125 Å². The van der Waals surface area contributed by atoms with Crippen LogP contribution in [0.25, 0.3) is 11.4 Å². The molecule has 0 aromatic carbocycles. The Morgan fingerprint density at radius 3 is 3.05 bits per heavy atom. The van der Waals surface area contributed by atoms with Gasteiger partial charge in [0, 0.05) is 36.3 Å². The normalized spacial score (nSPS) is 10.8. The van der Waals surface area contributed by atoms with Crippen LogP contribution >= 0.6 is 23.6 Å². The van der Waals surface area contributed by atoms with E-state index in [1.165, 1.54) is 0 Å². The van der Waals surface area contributed by atoms with Crippen LogP contribution in [0.4, 0.5) is 0 Å². The lowest BCUT2D eigenvalue weighted by atomic mass is 10.2. The molecule has 0 saturated carbocycles. The van der Waals surface area contributed by atoms with Crippen molar-refractivity contribution in [2.75, 3.05) is 0 Å². The van der Waals surface area contributed by atoms with E-state index in [1.54, 1.807) is 23.7 Å². The van der Waals surface area contributed by atoms with E-state index in [0.717, 1.165) is 35.1 Å². The van der Waals surface area contributed by atoms with Crippen LogP contribution in [0, 0.1) is 11.7 Å². The number of nitrogens with one attached hydrogen (secondary N) is 1. The highest BCUT2D eigenvalue weighted by atomic mass is 32.1. The van der Waals surface area contributed by atoms with Crippen LogP contribution in [-0.4, -0.2) is 24.7 Å². The lowest BCUT2D eigenvalue weighted by Crippen LogP contribution is -2.04. The van der Waals surface area contributed by atoms with Crippen LogP contribution in [0.2, 0.25) is 0 Å². The molecule has 0 aliphatic heterocycles. The van der Waals surface area contributed by atoms with Gasteiger partial charge in [-0.05, 0) is 31.3 Å². The predicted octanol–water partition coefficient (Wildman–Crippen LogP) is 3.01. The molecule has 102 valence electrons. The Bertz CT molecular complexity index is 756. The fraction of sp³-hybridized carbons (Fsp3) is 0.231. The molecule has 3 rings (SSSR count). The number of aromatic amines is 1. The van der Waals surface area contributed by atoms with Gasteiger partial charge in [-0.15, -0.1) is 11.3 Å². The third-order valence-corrected chi connectivity index (χ3v) is 4.07. The van der Waals surface area contributed by atoms with E-state index < -0.39 is 0 Å². The highest BCUT2D eigenvalue weighted by Gasteiger charge is 2.09. The molecule has 0 atom stereocenters. The number of aromatic nitrogens is 5. The fourth-order valence-corrected chi connectivity index (χ4v) is 2.86. The Kier molecular flexibility index (Phi) is 3.70. The summed E-state index contributed by atoms with van der Waals surface area (Å²) < 4.78 is 2.61. The Balaban J connectivity index is 1.86. The zero-order valence-corrected chi connectivity index (χ0v) is 12.5. The standard InChI is InChI=1S/C13H13N5S2/c1-9-15-11(8-20-9)4-6-18-12(16-17-13(18)19)10-3-2-5-14-7-10/h2-3,5,7-8H,4,6H2,1H3,(H,17,19). The smallest absolute Gasteiger partial charge is 0.195 e. The average Bonchev–Trinajstić information content (AvgIpc) is 3.04. The molecule has 20 heavy (non-hydrogen) atoms. The predicted molar refractivity (Wildman–Crippen MR) is 81.2 cm³/mol. The van der Waals surface area contributed by atoms with E-state index in [-0.39, 0.29) is 0 Å². The number of nitrogens with zero attached hydrogens (tertiary/aromatic N) is 4. The first-order valence-corrected chi connectivity index (χ1v) is 7.49. The summed E-state index contributed by atoms with van der Waals surface area (Å²) in [5, 5.41) is 10.3. The van der Waals surface area contributed by atoms with Crippen LogP contribution < -0.4 is 0 Å². The monoisotopic (exact) mass is 303 g/mol. The van der Waals surface area contributed by atoms with Crippen LogP contribution in [0.1, 0.15) is 10.7 Å². The van der Waals surface area contributed by atoms with E-state index in [1.807, 2.05) is 23.6 Å². The highest BCUT2D eigenvalue weighted by Crippen LogP contribution is 2.17. The molecule has 5 nitrogen and oxygen atoms in total. The summed E-state index contributed by atoms with van der Waals surface area (Å²) in [5.74, 6) is 0.815. The minimum Gasteiger partial charge on any atom is -0.300 e. The molecule has 0 aliphatic carbocycles. The maximum absolute atomic E-state index is 5.30. The number of hydrogen-bond acceptors (Lipinski definition) is 5. The van der Waals surface area contributed by atoms with Gasteiger partial charge in [0.15, 0.2) is 10.6 Å². The van der Waals surface area contributed by atoms with Crippen LogP contribution in [-0.2, 0) is 13.0 Å². The summed E-state index contributed by atoms with van der Waals surface area (Å²) in [7, 11) is 0. The SMILES string of the molecule is Cc1nc(CCn2c(-c3cccnc3)n[nH]c2=S)cs1. The summed E-state index contributed by atoms with van der Waals surface area (Å²) in [5.41, 5.74) is 2.04. The molecule has 0 radical (unpaired) electrons. The van der Waals surface area contributed by atoms with Gasteiger partial charge in [0.1, 0.15) is 0 Å². The Hall–Kier alpha value is -1.86. The lowest BCUT2D eigenvalue weighted by Gasteiger charge is -2.05. The van der Waals surface area contributed by atoms with Crippen molar-refractivity contribution in [3.63, 3.8) is 0 Å². The summed E-state index contributed by atoms with van der Waals surface area (Å²) in [6, 6.07) is 3.86. The molecule has 1 N–H and O–H groups in total. The van der Waals surface area contributed by atoms with Gasteiger partial charge < -0.3 is 0 Å². The van der Waals surface area contributed by atoms with Gasteiger partial charge in [-0.3, -0.25) is 14.6 Å². The minimum absolute atomic E-state index is 0.621. The molecule has 0 spiro atoms. The van der Waals surface area contributed by atoms with Gasteiger partial charge in [0.05, 0.1) is 10.7 Å². The fourth-order valence-electron chi connectivity index (χ4n) is 1.99. The number of pyridine rings is 1. The quantitative estimate of drug-likeness (QED) is 0.753. The van der Waals surface area contributed by atoms with Crippen LogP contribution in [0.15, 0.2) is 29.9 Å². The largest absolute Gasteiger partial charge is 0.300 e. The number of thiazole rings is 1. The first-order chi connectivity index (χ1) is 9.74. The summed E-state index contributed by atoms with van der Waals surface area (Å²) in [6.07, 6.45) is 4.37. The van der Waals surface area contributed by atoms with Gasteiger partial charge in [-0.1, -0.05) is 0 Å². The Morgan fingerprint density at radius 2 is 2.35 bits per heavy atom. The van der Waals surface area contributed by atoms with Crippen LogP contribution in [0.3, 0.4) is 0 Å². The second-order valence-corrected chi connectivity index (χ2v) is 5.80. The van der Waals surface area contributed by atoms with Crippen molar-refractivity contribution >= 4 is 23.6 Å². The molecule has 0 amide bonds. The van der Waals surface area contributed by atoms with E-state index in [2.05, 4.69) is 25.5 Å². The minimum atomic E-state index is 0.621. The third kappa shape index (κ3) is 2.68. The third-order valence-electron chi connectivity index (χ3n) is 2.94. The maximum atomic E-state index is 5.30. The summed E-state index contributed by atoms with van der Waals surface area (Å²) >= 11 is 6.97. The molecule has 0 fully saturated rings. The van der Waals surface area contributed by atoms with Gasteiger partial charge in [0.2, 0.25) is 0 Å². The zero-order chi connectivity index (χ0) is 13.9. The zero-order valence-electron chi connectivity index (χ0n) is 10.9. The number of hydrogen-bond donors (Lipinski definition) is 1. The first kappa shape index (κ1) is 13.1. The number of rotatable bonds is 4. The maximum Gasteiger partial charge on any atom is 0.195 e. The van der Waals surface area contributed by atoms with E-state index in [9.17, 15) is 0 Å². The molecule has 7 heteroatoms. The average molecular weight is 303 g/mol. The molecule has 3 heterocycles. The molecular formula is C13H13N5S2. The van der Waals surface area contributed by atoms with Gasteiger partial charge in [-0.2, -0.15) is 5.10 Å². The van der Waals surface area contributed by atoms with Crippen molar-refractivity contribution < 1.29 is 0 Å². The molecule has 0 unspecified atom stereocenters. The van der Waals surface area contributed by atoms with Crippen molar-refractivity contribution in [1.29, 1.82) is 0 Å². The van der Waals surface area contributed by atoms with E-state index >= 15 is 0 Å². The second kappa shape index (κ2) is 5.64. The molecular weight excluding hydrogens is 290 g/mol. The molecule has 0 bridgehead atoms. The molecule has 0 saturated heterocycles. The summed E-state index contributed by atoms with van der Waals surface area (Å²) in [6.45, 7) is 2.77. The van der Waals surface area contributed by atoms with E-state index in [0.29, 0.717) is 4.77 Å². The summed E-state index contributed by atoms with van der Waals surface area (Å²) in [4.78, 5) is 8.59. The molecule has 3 aromatic rings. The van der Waals surface area contributed by atoms with Crippen molar-refractivity contribution in [1.82, 2.24) is 24.7 Å². The number of H-pyrrole nitrogens is 1. The lowest BCUT2D eigenvalue weighted by molar-refractivity contribution is 0.682. The van der Waals surface area contributed by atoms with Gasteiger partial charge in [-0.25, -0.2) is 4.98 Å².